The summed E-state index contributed by atoms with van der Waals surface area (Å²) in [6, 6.07) is 4.86. The van der Waals surface area contributed by atoms with Gasteiger partial charge in [0.15, 0.2) is 0 Å². The van der Waals surface area contributed by atoms with E-state index in [1.165, 1.54) is 0 Å². The molecule has 114 valence electrons. The molecule has 0 heterocycles. The fourth-order valence-corrected chi connectivity index (χ4v) is 2.28. The maximum atomic E-state index is 11.2. The van der Waals surface area contributed by atoms with Gasteiger partial charge in [-0.25, -0.2) is 8.42 Å². The van der Waals surface area contributed by atoms with Gasteiger partial charge < -0.3 is 10.4 Å². The standard InChI is InChI=1S/C13H21ClN2O3S/c1-4-13(2,9-17)8-15-12-7-10(5-6-11(12)14)16-20(3,18)19/h5-7,15-17H,4,8-9H2,1-3H3. The van der Waals surface area contributed by atoms with E-state index in [-0.39, 0.29) is 12.0 Å². The molecule has 7 heteroatoms. The summed E-state index contributed by atoms with van der Waals surface area (Å²) in [4.78, 5) is 0. The van der Waals surface area contributed by atoms with Gasteiger partial charge in [-0.15, -0.1) is 0 Å². The summed E-state index contributed by atoms with van der Waals surface area (Å²) >= 11 is 6.08. The van der Waals surface area contributed by atoms with Crippen LogP contribution in [0.25, 0.3) is 0 Å². The first kappa shape index (κ1) is 17.1. The Morgan fingerprint density at radius 2 is 2.05 bits per heavy atom. The SMILES string of the molecule is CCC(C)(CO)CNc1cc(NS(C)(=O)=O)ccc1Cl. The molecule has 0 aliphatic carbocycles. The van der Waals surface area contributed by atoms with Crippen LogP contribution in [0, 0.1) is 5.41 Å². The molecule has 20 heavy (non-hydrogen) atoms. The second-order valence-corrected chi connectivity index (χ2v) is 7.40. The zero-order valence-electron chi connectivity index (χ0n) is 11.9. The molecule has 0 radical (unpaired) electrons. The van der Waals surface area contributed by atoms with Crippen LogP contribution in [0.2, 0.25) is 5.02 Å². The molecule has 0 aromatic heterocycles. The van der Waals surface area contributed by atoms with E-state index >= 15 is 0 Å². The van der Waals surface area contributed by atoms with Gasteiger partial charge in [0, 0.05) is 12.0 Å². The number of rotatable bonds is 7. The fourth-order valence-electron chi connectivity index (χ4n) is 1.54. The Bertz CT molecular complexity index is 557. The number of aliphatic hydroxyl groups is 1. The van der Waals surface area contributed by atoms with Crippen LogP contribution in [0.3, 0.4) is 0 Å². The number of hydrogen-bond donors (Lipinski definition) is 3. The maximum absolute atomic E-state index is 11.2. The third kappa shape index (κ3) is 5.19. The van der Waals surface area contributed by atoms with Gasteiger partial charge >= 0.3 is 0 Å². The molecule has 0 amide bonds. The van der Waals surface area contributed by atoms with Crippen molar-refractivity contribution in [1.29, 1.82) is 0 Å². The van der Waals surface area contributed by atoms with Crippen LogP contribution in [-0.4, -0.2) is 32.9 Å². The van der Waals surface area contributed by atoms with Crippen molar-refractivity contribution in [2.24, 2.45) is 5.41 Å². The molecule has 0 fully saturated rings. The van der Waals surface area contributed by atoms with Gasteiger partial charge in [-0.05, 0) is 24.6 Å². The Morgan fingerprint density at radius 3 is 2.55 bits per heavy atom. The molecule has 0 aliphatic rings. The Balaban J connectivity index is 2.87. The van der Waals surface area contributed by atoms with Gasteiger partial charge in [0.25, 0.3) is 0 Å². The van der Waals surface area contributed by atoms with Crippen molar-refractivity contribution in [3.05, 3.63) is 23.2 Å². The largest absolute Gasteiger partial charge is 0.396 e. The van der Waals surface area contributed by atoms with Gasteiger partial charge in [0.1, 0.15) is 0 Å². The van der Waals surface area contributed by atoms with Crippen molar-refractivity contribution in [1.82, 2.24) is 0 Å². The third-order valence-corrected chi connectivity index (χ3v) is 4.15. The minimum Gasteiger partial charge on any atom is -0.396 e. The second kappa shape index (κ2) is 6.65. The smallest absolute Gasteiger partial charge is 0.229 e. The summed E-state index contributed by atoms with van der Waals surface area (Å²) in [5, 5.41) is 13.0. The van der Waals surface area contributed by atoms with Crippen LogP contribution in [0.5, 0.6) is 0 Å². The van der Waals surface area contributed by atoms with Gasteiger partial charge in [-0.1, -0.05) is 25.4 Å². The molecule has 0 saturated heterocycles. The van der Waals surface area contributed by atoms with Crippen LogP contribution < -0.4 is 10.0 Å². The molecule has 1 rings (SSSR count). The van der Waals surface area contributed by atoms with Crippen molar-refractivity contribution in [3.63, 3.8) is 0 Å². The summed E-state index contributed by atoms with van der Waals surface area (Å²) in [6.07, 6.45) is 1.91. The molecular weight excluding hydrogens is 300 g/mol. The lowest BCUT2D eigenvalue weighted by molar-refractivity contribution is 0.149. The summed E-state index contributed by atoms with van der Waals surface area (Å²) in [5.41, 5.74) is 0.832. The lowest BCUT2D eigenvalue weighted by Crippen LogP contribution is -2.29. The van der Waals surface area contributed by atoms with E-state index < -0.39 is 10.0 Å². The Hall–Kier alpha value is -0.980. The molecule has 0 spiro atoms. The number of halogens is 1. The van der Waals surface area contributed by atoms with Crippen molar-refractivity contribution in [3.8, 4) is 0 Å². The van der Waals surface area contributed by atoms with Crippen molar-refractivity contribution >= 4 is 33.0 Å². The molecule has 0 bridgehead atoms. The highest BCUT2D eigenvalue weighted by molar-refractivity contribution is 7.92. The third-order valence-electron chi connectivity index (χ3n) is 3.21. The van der Waals surface area contributed by atoms with Crippen LogP contribution in [-0.2, 0) is 10.0 Å². The molecular formula is C13H21ClN2O3S. The minimum absolute atomic E-state index is 0.0649. The monoisotopic (exact) mass is 320 g/mol. The highest BCUT2D eigenvalue weighted by Crippen LogP contribution is 2.28. The number of sulfonamides is 1. The summed E-state index contributed by atoms with van der Waals surface area (Å²) in [7, 11) is -3.32. The van der Waals surface area contributed by atoms with Crippen molar-refractivity contribution < 1.29 is 13.5 Å². The summed E-state index contributed by atoms with van der Waals surface area (Å²) < 4.78 is 24.8. The highest BCUT2D eigenvalue weighted by atomic mass is 35.5. The summed E-state index contributed by atoms with van der Waals surface area (Å²) in [5.74, 6) is 0. The first-order chi connectivity index (χ1) is 9.19. The zero-order chi connectivity index (χ0) is 15.4. The molecule has 1 unspecified atom stereocenters. The molecule has 0 saturated carbocycles. The van der Waals surface area contributed by atoms with Crippen LogP contribution in [0.4, 0.5) is 11.4 Å². The van der Waals surface area contributed by atoms with E-state index in [4.69, 9.17) is 11.6 Å². The van der Waals surface area contributed by atoms with Gasteiger partial charge in [0.2, 0.25) is 10.0 Å². The minimum atomic E-state index is -3.32. The van der Waals surface area contributed by atoms with E-state index in [9.17, 15) is 13.5 Å². The van der Waals surface area contributed by atoms with Crippen molar-refractivity contribution in [2.45, 2.75) is 20.3 Å². The number of aliphatic hydroxyl groups excluding tert-OH is 1. The van der Waals surface area contributed by atoms with Gasteiger partial charge in [-0.3, -0.25) is 4.72 Å². The van der Waals surface area contributed by atoms with Gasteiger partial charge in [-0.2, -0.15) is 0 Å². The maximum Gasteiger partial charge on any atom is 0.229 e. The topological polar surface area (TPSA) is 78.4 Å². The molecule has 1 aromatic rings. The lowest BCUT2D eigenvalue weighted by Gasteiger charge is -2.26. The first-order valence-electron chi connectivity index (χ1n) is 6.31. The van der Waals surface area contributed by atoms with E-state index in [0.29, 0.717) is 22.9 Å². The van der Waals surface area contributed by atoms with Crippen LogP contribution in [0.15, 0.2) is 18.2 Å². The summed E-state index contributed by atoms with van der Waals surface area (Å²) in [6.45, 7) is 4.57. The first-order valence-corrected chi connectivity index (χ1v) is 8.58. The fraction of sp³-hybridized carbons (Fsp3) is 0.538. The molecule has 5 nitrogen and oxygen atoms in total. The van der Waals surface area contributed by atoms with E-state index in [2.05, 4.69) is 10.0 Å². The lowest BCUT2D eigenvalue weighted by atomic mass is 9.88. The Morgan fingerprint density at radius 1 is 1.40 bits per heavy atom. The van der Waals surface area contributed by atoms with Crippen LogP contribution in [0.1, 0.15) is 20.3 Å². The number of nitrogens with one attached hydrogen (secondary N) is 2. The molecule has 3 N–H and O–H groups in total. The van der Waals surface area contributed by atoms with Crippen molar-refractivity contribution in [2.75, 3.05) is 29.4 Å². The average molecular weight is 321 g/mol. The highest BCUT2D eigenvalue weighted by Gasteiger charge is 2.21. The van der Waals surface area contributed by atoms with Crippen LogP contribution >= 0.6 is 11.6 Å². The predicted molar refractivity (Wildman–Crippen MR) is 83.9 cm³/mol. The van der Waals surface area contributed by atoms with E-state index in [1.54, 1.807) is 18.2 Å². The molecule has 1 atom stereocenters. The Kier molecular flexibility index (Phi) is 5.68. The van der Waals surface area contributed by atoms with E-state index in [0.717, 1.165) is 12.7 Å². The quantitative estimate of drug-likeness (QED) is 0.721. The van der Waals surface area contributed by atoms with Gasteiger partial charge in [0.05, 0.1) is 29.3 Å². The Labute approximate surface area is 125 Å². The predicted octanol–water partition coefficient (Wildman–Crippen LogP) is 2.53. The average Bonchev–Trinajstić information content (AvgIpc) is 2.37. The number of anilines is 2. The molecule has 1 aromatic carbocycles. The molecule has 0 aliphatic heterocycles. The normalized spacial score (nSPS) is 14.7. The zero-order valence-corrected chi connectivity index (χ0v) is 13.5. The number of hydrogen-bond acceptors (Lipinski definition) is 4. The number of benzene rings is 1. The second-order valence-electron chi connectivity index (χ2n) is 5.24. The van der Waals surface area contributed by atoms with E-state index in [1.807, 2.05) is 13.8 Å².